The van der Waals surface area contributed by atoms with Crippen LogP contribution in [0.1, 0.15) is 11.1 Å². The van der Waals surface area contributed by atoms with Crippen molar-refractivity contribution in [1.82, 2.24) is 4.98 Å². The highest BCUT2D eigenvalue weighted by molar-refractivity contribution is 6.21. The van der Waals surface area contributed by atoms with Gasteiger partial charge in [0, 0.05) is 44.1 Å². The van der Waals surface area contributed by atoms with Crippen LogP contribution in [0.25, 0.3) is 76.7 Å². The van der Waals surface area contributed by atoms with Crippen molar-refractivity contribution >= 4 is 54.7 Å². The maximum Gasteiger partial charge on any atom is 0.0544 e. The first-order chi connectivity index (χ1) is 20.7. The van der Waals surface area contributed by atoms with Crippen LogP contribution < -0.4 is 11.5 Å². The average Bonchev–Trinajstić information content (AvgIpc) is 3.42. The van der Waals surface area contributed by atoms with Gasteiger partial charge in [0.15, 0.2) is 0 Å². The van der Waals surface area contributed by atoms with Gasteiger partial charge in [0.1, 0.15) is 0 Å². The number of hydrogen-bond acceptors (Lipinski definition) is 2. The molecule has 5 N–H and O–H groups in total. The number of aromatic nitrogens is 1. The van der Waals surface area contributed by atoms with Crippen molar-refractivity contribution in [3.63, 3.8) is 0 Å². The summed E-state index contributed by atoms with van der Waals surface area (Å²) < 4.78 is 0. The second-order valence-corrected chi connectivity index (χ2v) is 11.4. The van der Waals surface area contributed by atoms with E-state index < -0.39 is 0 Å². The Bertz CT molecular complexity index is 2410. The molecule has 0 aliphatic heterocycles. The van der Waals surface area contributed by atoms with Crippen LogP contribution in [0.5, 0.6) is 0 Å². The van der Waals surface area contributed by atoms with Crippen molar-refractivity contribution in [2.24, 2.45) is 0 Å². The summed E-state index contributed by atoms with van der Waals surface area (Å²) in [6.45, 7) is 0. The highest BCUT2D eigenvalue weighted by Crippen LogP contribution is 2.51. The minimum Gasteiger partial charge on any atom is -0.398 e. The number of hydrogen-bond donors (Lipinski definition) is 3. The van der Waals surface area contributed by atoms with Gasteiger partial charge in [-0.2, -0.15) is 0 Å². The van der Waals surface area contributed by atoms with Gasteiger partial charge in [-0.15, -0.1) is 0 Å². The predicted octanol–water partition coefficient (Wildman–Crippen LogP) is 9.70. The van der Waals surface area contributed by atoms with E-state index in [0.717, 1.165) is 56.3 Å². The molecule has 198 valence electrons. The molecule has 3 nitrogen and oxygen atoms in total. The molecule has 0 spiro atoms. The molecule has 8 aromatic rings. The van der Waals surface area contributed by atoms with E-state index >= 15 is 0 Å². The molecular weight excluding hydrogens is 510 g/mol. The number of benzene rings is 7. The summed E-state index contributed by atoms with van der Waals surface area (Å²) in [5.41, 5.74) is 27.2. The lowest BCUT2D eigenvalue weighted by Gasteiger charge is -2.26. The first-order valence-electron chi connectivity index (χ1n) is 14.4. The molecule has 1 aromatic heterocycles. The Morgan fingerprint density at radius 3 is 1.93 bits per heavy atom. The number of aromatic amines is 1. The highest BCUT2D eigenvalue weighted by Gasteiger charge is 2.26. The number of fused-ring (bicyclic) bond motifs is 6. The molecule has 0 saturated carbocycles. The van der Waals surface area contributed by atoms with Gasteiger partial charge < -0.3 is 16.5 Å². The lowest BCUT2D eigenvalue weighted by Crippen LogP contribution is -2.07. The molecule has 1 heterocycles. The molecule has 42 heavy (non-hydrogen) atoms. The Morgan fingerprint density at radius 2 is 1.05 bits per heavy atom. The number of rotatable bonds is 2. The van der Waals surface area contributed by atoms with Gasteiger partial charge in [-0.25, -0.2) is 0 Å². The summed E-state index contributed by atoms with van der Waals surface area (Å²) in [4.78, 5) is 3.69. The van der Waals surface area contributed by atoms with Crippen molar-refractivity contribution < 1.29 is 0 Å². The van der Waals surface area contributed by atoms with Gasteiger partial charge in [-0.3, -0.25) is 0 Å². The van der Waals surface area contributed by atoms with E-state index in [2.05, 4.69) is 126 Å². The fourth-order valence-electron chi connectivity index (χ4n) is 7.35. The number of nitrogens with two attached hydrogens (primary N) is 2. The van der Waals surface area contributed by atoms with Crippen LogP contribution >= 0.6 is 0 Å². The van der Waals surface area contributed by atoms with E-state index in [-0.39, 0.29) is 0 Å². The Labute approximate surface area is 243 Å². The number of anilines is 2. The molecule has 0 atom stereocenters. The maximum absolute atomic E-state index is 7.18. The molecule has 9 rings (SSSR count). The third-order valence-electron chi connectivity index (χ3n) is 9.19. The van der Waals surface area contributed by atoms with Crippen molar-refractivity contribution in [3.05, 3.63) is 132 Å². The Kier molecular flexibility index (Phi) is 4.68. The van der Waals surface area contributed by atoms with Crippen LogP contribution in [0.15, 0.2) is 121 Å². The van der Waals surface area contributed by atoms with E-state index in [9.17, 15) is 0 Å². The van der Waals surface area contributed by atoms with Crippen molar-refractivity contribution in [2.75, 3.05) is 11.5 Å². The smallest absolute Gasteiger partial charge is 0.0544 e. The van der Waals surface area contributed by atoms with Crippen molar-refractivity contribution in [3.8, 4) is 33.4 Å². The summed E-state index contributed by atoms with van der Waals surface area (Å²) in [5.74, 6) is 0. The second-order valence-electron chi connectivity index (χ2n) is 11.4. The monoisotopic (exact) mass is 537 g/mol. The predicted molar refractivity (Wildman–Crippen MR) is 179 cm³/mol. The third-order valence-corrected chi connectivity index (χ3v) is 9.19. The van der Waals surface area contributed by atoms with Gasteiger partial charge >= 0.3 is 0 Å². The van der Waals surface area contributed by atoms with Crippen molar-refractivity contribution in [2.45, 2.75) is 6.42 Å². The molecule has 0 bridgehead atoms. The van der Waals surface area contributed by atoms with Crippen LogP contribution in [-0.2, 0) is 6.42 Å². The van der Waals surface area contributed by atoms with Crippen LogP contribution in [0.3, 0.4) is 0 Å². The fraction of sp³-hybridized carbons (Fsp3) is 0.0256. The first kappa shape index (κ1) is 23.2. The molecule has 3 heteroatoms. The summed E-state index contributed by atoms with van der Waals surface area (Å²) in [6, 6.07) is 43.2. The lowest BCUT2D eigenvalue weighted by molar-refractivity contribution is 1.20. The van der Waals surface area contributed by atoms with Gasteiger partial charge in [0.05, 0.1) is 11.2 Å². The summed E-state index contributed by atoms with van der Waals surface area (Å²) in [6.07, 6.45) is 0.885. The molecule has 0 saturated heterocycles. The molecule has 0 radical (unpaired) electrons. The van der Waals surface area contributed by atoms with Gasteiger partial charge in [0.2, 0.25) is 0 Å². The standard InChI is InChI=1S/C39H27N3/c40-37-32-17-7-10-23-21-22-9-1-2-11-24(22)35(34(23)32)38(41)36(37)29-20-19-27(25-12-3-4-13-26(25)29)30-15-8-16-31-28-14-5-6-18-33(28)42-39(30)31/h1-20,42H,21,40-41H2. The average molecular weight is 538 g/mol. The van der Waals surface area contributed by atoms with E-state index in [4.69, 9.17) is 11.5 Å². The number of H-pyrrole nitrogens is 1. The molecule has 7 aromatic carbocycles. The van der Waals surface area contributed by atoms with Gasteiger partial charge in [0.25, 0.3) is 0 Å². The Balaban J connectivity index is 1.35. The van der Waals surface area contributed by atoms with E-state index in [0.29, 0.717) is 0 Å². The van der Waals surface area contributed by atoms with E-state index in [1.165, 1.54) is 49.4 Å². The lowest BCUT2D eigenvalue weighted by atomic mass is 9.79. The van der Waals surface area contributed by atoms with Crippen LogP contribution in [-0.4, -0.2) is 4.98 Å². The fourth-order valence-corrected chi connectivity index (χ4v) is 7.35. The molecule has 1 aliphatic rings. The SMILES string of the molecule is Nc1c(-c2ccc(-c3cccc4c3[nH]c3ccccc34)c3ccccc23)c(N)c2cccc3c2c1-c1ccccc1C3. The number of nitrogen functional groups attached to an aromatic ring is 2. The molecular formula is C39H27N3. The normalized spacial score (nSPS) is 12.4. The van der Waals surface area contributed by atoms with Crippen LogP contribution in [0, 0.1) is 0 Å². The molecule has 0 amide bonds. The van der Waals surface area contributed by atoms with Gasteiger partial charge in [-0.05, 0) is 56.5 Å². The highest BCUT2D eigenvalue weighted by atomic mass is 14.7. The van der Waals surface area contributed by atoms with Crippen molar-refractivity contribution in [1.29, 1.82) is 0 Å². The quantitative estimate of drug-likeness (QED) is 0.192. The number of para-hydroxylation sites is 2. The molecule has 0 fully saturated rings. The third kappa shape index (κ3) is 3.05. The maximum atomic E-state index is 7.18. The Morgan fingerprint density at radius 1 is 0.429 bits per heavy atom. The zero-order chi connectivity index (χ0) is 27.9. The van der Waals surface area contributed by atoms with Crippen LogP contribution in [0.2, 0.25) is 0 Å². The second kappa shape index (κ2) is 8.48. The summed E-state index contributed by atoms with van der Waals surface area (Å²) >= 11 is 0. The van der Waals surface area contributed by atoms with E-state index in [1.54, 1.807) is 0 Å². The van der Waals surface area contributed by atoms with Gasteiger partial charge in [-0.1, -0.05) is 115 Å². The summed E-state index contributed by atoms with van der Waals surface area (Å²) in [7, 11) is 0. The topological polar surface area (TPSA) is 67.8 Å². The molecule has 0 unspecified atom stereocenters. The molecule has 1 aliphatic carbocycles. The van der Waals surface area contributed by atoms with Crippen LogP contribution in [0.4, 0.5) is 11.4 Å². The zero-order valence-corrected chi connectivity index (χ0v) is 22.9. The largest absolute Gasteiger partial charge is 0.398 e. The van der Waals surface area contributed by atoms with E-state index in [1.807, 2.05) is 0 Å². The number of nitrogens with one attached hydrogen (secondary N) is 1. The first-order valence-corrected chi connectivity index (χ1v) is 14.4. The minimum absolute atomic E-state index is 0.739. The zero-order valence-electron chi connectivity index (χ0n) is 22.9. The Hall–Kier alpha value is -5.54. The minimum atomic E-state index is 0.739. The summed E-state index contributed by atoms with van der Waals surface area (Å²) in [5, 5.41) is 7.02.